The Morgan fingerprint density at radius 1 is 0.605 bits per heavy atom. The molecule has 0 saturated carbocycles. The first kappa shape index (κ1) is 36.6. The van der Waals surface area contributed by atoms with Gasteiger partial charge in [-0.1, -0.05) is 123 Å². The van der Waals surface area contributed by atoms with Crippen LogP contribution in [0.5, 0.6) is 0 Å². The predicted octanol–water partition coefficient (Wildman–Crippen LogP) is 8.63. The molecule has 0 aromatic heterocycles. The van der Waals surface area contributed by atoms with Gasteiger partial charge < -0.3 is 9.59 Å². The summed E-state index contributed by atoms with van der Waals surface area (Å²) in [6.45, 7) is 5.89. The van der Waals surface area contributed by atoms with Crippen LogP contribution in [0.3, 0.4) is 0 Å². The molecular weight excluding hydrogens is 474 g/mol. The highest BCUT2D eigenvalue weighted by molar-refractivity contribution is 5.88. The number of hydrogen-bond donors (Lipinski definition) is 2. The maximum Gasteiger partial charge on any atom is 0.303 e. The number of nitrogens with zero attached hydrogens (tertiary/aromatic N) is 2. The zero-order valence-electron chi connectivity index (χ0n) is 25.8. The second-order valence-corrected chi connectivity index (χ2v) is 12.0. The van der Waals surface area contributed by atoms with E-state index in [0.29, 0.717) is 17.4 Å². The van der Waals surface area contributed by atoms with Gasteiger partial charge in [-0.05, 0) is 32.1 Å². The minimum Gasteiger partial charge on any atom is -0.481 e. The van der Waals surface area contributed by atoms with Crippen LogP contribution in [0.15, 0.2) is 5.10 Å². The predicted molar refractivity (Wildman–Crippen MR) is 163 cm³/mol. The number of carbonyl (C=O) groups is 2. The largest absolute Gasteiger partial charge is 0.481 e. The average molecular weight is 539 g/mol. The molecule has 0 radical (unpaired) electrons. The van der Waals surface area contributed by atoms with Crippen molar-refractivity contribution < 1.29 is 19.2 Å². The average Bonchev–Trinajstić information content (AvgIpc) is 2.87. The van der Waals surface area contributed by atoms with Crippen molar-refractivity contribution >= 4 is 17.6 Å². The van der Waals surface area contributed by atoms with Gasteiger partial charge in [-0.25, -0.2) is 5.43 Å². The Labute approximate surface area is 236 Å². The number of nitrogens with one attached hydrogen (secondary N) is 1. The second kappa shape index (κ2) is 25.8. The molecule has 0 aliphatic rings. The SMILES string of the molecule is CCCCCCCCCCCC/C(CCC(=O)O)=N/NC(=O)C[N+](C)(C)CCCCCCCCCCCC. The summed E-state index contributed by atoms with van der Waals surface area (Å²) in [6, 6.07) is 0. The summed E-state index contributed by atoms with van der Waals surface area (Å²) in [7, 11) is 4.21. The minimum absolute atomic E-state index is 0.0623. The van der Waals surface area contributed by atoms with E-state index in [1.54, 1.807) is 0 Å². The molecule has 6 nitrogen and oxygen atoms in total. The van der Waals surface area contributed by atoms with E-state index < -0.39 is 5.97 Å². The Hall–Kier alpha value is -1.43. The molecule has 0 saturated heterocycles. The molecule has 0 unspecified atom stereocenters. The number of hydrazone groups is 1. The third kappa shape index (κ3) is 26.2. The molecule has 0 heterocycles. The topological polar surface area (TPSA) is 78.8 Å². The Morgan fingerprint density at radius 2 is 1.03 bits per heavy atom. The van der Waals surface area contributed by atoms with Crippen LogP contribution in [0, 0.1) is 0 Å². The highest BCUT2D eigenvalue weighted by Crippen LogP contribution is 2.13. The third-order valence-corrected chi connectivity index (χ3v) is 7.47. The maximum absolute atomic E-state index is 12.6. The van der Waals surface area contributed by atoms with Gasteiger partial charge in [-0.2, -0.15) is 5.10 Å². The summed E-state index contributed by atoms with van der Waals surface area (Å²) >= 11 is 0. The molecule has 0 spiro atoms. The molecule has 0 rings (SSSR count). The van der Waals surface area contributed by atoms with E-state index in [0.717, 1.165) is 37.9 Å². The third-order valence-electron chi connectivity index (χ3n) is 7.47. The fourth-order valence-electron chi connectivity index (χ4n) is 4.98. The normalized spacial score (nSPS) is 12.2. The Balaban J connectivity index is 4.17. The van der Waals surface area contributed by atoms with Crippen LogP contribution in [0.25, 0.3) is 0 Å². The van der Waals surface area contributed by atoms with Crippen molar-refractivity contribution in [1.29, 1.82) is 0 Å². The molecule has 38 heavy (non-hydrogen) atoms. The van der Waals surface area contributed by atoms with Crippen molar-refractivity contribution in [1.82, 2.24) is 5.43 Å². The molecule has 224 valence electrons. The van der Waals surface area contributed by atoms with Crippen LogP contribution in [-0.2, 0) is 9.59 Å². The first-order valence-corrected chi connectivity index (χ1v) is 16.2. The van der Waals surface area contributed by atoms with E-state index in [-0.39, 0.29) is 12.3 Å². The van der Waals surface area contributed by atoms with E-state index in [9.17, 15) is 9.59 Å². The lowest BCUT2D eigenvalue weighted by Crippen LogP contribution is -2.47. The summed E-state index contributed by atoms with van der Waals surface area (Å²) in [6.07, 6.45) is 27.0. The van der Waals surface area contributed by atoms with Crippen LogP contribution >= 0.6 is 0 Å². The molecule has 6 heteroatoms. The molecule has 0 aliphatic heterocycles. The standard InChI is InChI=1S/C32H63N3O3/c1-5-7-9-11-13-15-17-19-21-23-25-30(26-27-32(37)38)33-34-31(36)29-35(3,4)28-24-22-20-18-16-14-12-10-8-6-2/h5-29H2,1-4H3,(H-,34,36,37,38)/p+1/b33-30-. The molecule has 0 aliphatic carbocycles. The van der Waals surface area contributed by atoms with E-state index in [2.05, 4.69) is 38.5 Å². The number of unbranched alkanes of at least 4 members (excludes halogenated alkanes) is 18. The lowest BCUT2D eigenvalue weighted by Gasteiger charge is -2.28. The molecular formula is C32H64N3O3+. The van der Waals surface area contributed by atoms with Crippen molar-refractivity contribution in [3.8, 4) is 0 Å². The number of amides is 1. The van der Waals surface area contributed by atoms with Crippen LogP contribution in [0.1, 0.15) is 162 Å². The number of carboxylic acid groups (broad SMARTS) is 1. The van der Waals surface area contributed by atoms with Gasteiger partial charge in [-0.3, -0.25) is 9.59 Å². The summed E-state index contributed by atoms with van der Waals surface area (Å²) in [5.74, 6) is -0.903. The van der Waals surface area contributed by atoms with E-state index in [4.69, 9.17) is 5.11 Å². The summed E-state index contributed by atoms with van der Waals surface area (Å²) in [5.41, 5.74) is 3.53. The fraction of sp³-hybridized carbons (Fsp3) is 0.906. The highest BCUT2D eigenvalue weighted by Gasteiger charge is 2.19. The zero-order valence-corrected chi connectivity index (χ0v) is 25.8. The number of carbonyl (C=O) groups excluding carboxylic acids is 1. The van der Waals surface area contributed by atoms with Gasteiger partial charge in [0.25, 0.3) is 5.91 Å². The monoisotopic (exact) mass is 538 g/mol. The van der Waals surface area contributed by atoms with Crippen molar-refractivity contribution in [2.24, 2.45) is 5.10 Å². The quantitative estimate of drug-likeness (QED) is 0.0453. The molecule has 1 amide bonds. The van der Waals surface area contributed by atoms with Gasteiger partial charge in [0.15, 0.2) is 6.54 Å². The Kier molecular flexibility index (Phi) is 24.9. The first-order chi connectivity index (χ1) is 18.3. The van der Waals surface area contributed by atoms with Gasteiger partial charge >= 0.3 is 5.97 Å². The molecule has 0 atom stereocenters. The fourth-order valence-corrected chi connectivity index (χ4v) is 4.98. The number of quaternary nitrogens is 1. The van der Waals surface area contributed by atoms with Crippen LogP contribution in [-0.4, -0.2) is 54.4 Å². The summed E-state index contributed by atoms with van der Waals surface area (Å²) in [5, 5.41) is 13.4. The minimum atomic E-state index is -0.818. The number of carboxylic acids is 1. The molecule has 0 aromatic rings. The number of aliphatic carboxylic acids is 1. The van der Waals surface area contributed by atoms with Crippen molar-refractivity contribution in [3.63, 3.8) is 0 Å². The Morgan fingerprint density at radius 3 is 1.47 bits per heavy atom. The maximum atomic E-state index is 12.6. The second-order valence-electron chi connectivity index (χ2n) is 12.0. The van der Waals surface area contributed by atoms with Crippen molar-refractivity contribution in [2.75, 3.05) is 27.2 Å². The lowest BCUT2D eigenvalue weighted by atomic mass is 10.0. The highest BCUT2D eigenvalue weighted by atomic mass is 16.4. The van der Waals surface area contributed by atoms with E-state index in [1.165, 1.54) is 109 Å². The van der Waals surface area contributed by atoms with Gasteiger partial charge in [0.2, 0.25) is 0 Å². The summed E-state index contributed by atoms with van der Waals surface area (Å²) < 4.78 is 0.654. The summed E-state index contributed by atoms with van der Waals surface area (Å²) in [4.78, 5) is 23.6. The van der Waals surface area contributed by atoms with Crippen LogP contribution in [0.4, 0.5) is 0 Å². The number of likely N-dealkylation sites (N-methyl/N-ethyl adjacent to an activating group) is 1. The lowest BCUT2D eigenvalue weighted by molar-refractivity contribution is -0.882. The van der Waals surface area contributed by atoms with E-state index >= 15 is 0 Å². The molecule has 0 fully saturated rings. The zero-order chi connectivity index (χ0) is 28.3. The van der Waals surface area contributed by atoms with Gasteiger partial charge in [0.05, 0.1) is 27.1 Å². The first-order valence-electron chi connectivity index (χ1n) is 16.2. The van der Waals surface area contributed by atoms with Crippen LogP contribution in [0.2, 0.25) is 0 Å². The van der Waals surface area contributed by atoms with Gasteiger partial charge in [0, 0.05) is 5.71 Å². The molecule has 0 aromatic carbocycles. The molecule has 0 bridgehead atoms. The smallest absolute Gasteiger partial charge is 0.303 e. The number of hydrogen-bond acceptors (Lipinski definition) is 3. The molecule has 2 N–H and O–H groups in total. The van der Waals surface area contributed by atoms with Crippen LogP contribution < -0.4 is 5.43 Å². The van der Waals surface area contributed by atoms with E-state index in [1.807, 2.05) is 0 Å². The van der Waals surface area contributed by atoms with Crippen molar-refractivity contribution in [2.45, 2.75) is 162 Å². The van der Waals surface area contributed by atoms with Crippen molar-refractivity contribution in [3.05, 3.63) is 0 Å². The number of rotatable bonds is 28. The van der Waals surface area contributed by atoms with Gasteiger partial charge in [-0.15, -0.1) is 0 Å². The Bertz CT molecular complexity index is 605. The van der Waals surface area contributed by atoms with Gasteiger partial charge in [0.1, 0.15) is 0 Å².